The van der Waals surface area contributed by atoms with E-state index in [1.54, 1.807) is 0 Å². The molecule has 0 saturated heterocycles. The molecule has 0 aliphatic heterocycles. The van der Waals surface area contributed by atoms with Crippen molar-refractivity contribution in [2.45, 2.75) is 12.8 Å². The molecule has 0 fully saturated rings. The van der Waals surface area contributed by atoms with Gasteiger partial charge < -0.3 is 0 Å². The Hall–Kier alpha value is -1.04. The van der Waals surface area contributed by atoms with E-state index in [0.717, 1.165) is 0 Å². The first-order chi connectivity index (χ1) is 6.84. The average Bonchev–Trinajstić information content (AvgIpc) is 2.91. The van der Waals surface area contributed by atoms with Crippen molar-refractivity contribution in [1.29, 1.82) is 0 Å². The molecule has 0 spiro atoms. The van der Waals surface area contributed by atoms with Gasteiger partial charge in [-0.05, 0) is 5.92 Å². The van der Waals surface area contributed by atoms with Gasteiger partial charge in [0.25, 0.3) is 0 Å². The molecule has 0 aromatic heterocycles. The fourth-order valence-corrected chi connectivity index (χ4v) is 1.15. The van der Waals surface area contributed by atoms with Crippen LogP contribution in [0, 0.1) is 0 Å². The van der Waals surface area contributed by atoms with Gasteiger partial charge in [0, 0.05) is 0 Å². The Morgan fingerprint density at radius 2 is 1.67 bits per heavy atom. The molecule has 2 rings (SSSR count). The van der Waals surface area contributed by atoms with Crippen LogP contribution >= 0.6 is 0 Å². The van der Waals surface area contributed by atoms with E-state index in [2.05, 4.69) is 37.8 Å². The Bertz CT molecular complexity index is 299. The summed E-state index contributed by atoms with van der Waals surface area (Å²) in [5, 5.41) is 0. The van der Waals surface area contributed by atoms with Crippen LogP contribution in [0.3, 0.4) is 0 Å². The van der Waals surface area contributed by atoms with Gasteiger partial charge in [0.05, 0.1) is 0 Å². The zero-order valence-electron chi connectivity index (χ0n) is 8.91. The fourth-order valence-electron chi connectivity index (χ4n) is 1.15. The second kappa shape index (κ2) is 8.28. The zero-order chi connectivity index (χ0) is 10.2. The van der Waals surface area contributed by atoms with E-state index < -0.39 is 0 Å². The summed E-state index contributed by atoms with van der Waals surface area (Å²) in [7, 11) is 0. The minimum atomic E-state index is 0. The quantitative estimate of drug-likeness (QED) is 0.421. The molecule has 1 unspecified atom stereocenters. The predicted molar refractivity (Wildman–Crippen MR) is 62.7 cm³/mol. The summed E-state index contributed by atoms with van der Waals surface area (Å²) in [6.45, 7) is 5.86. The van der Waals surface area contributed by atoms with Gasteiger partial charge in [-0.3, -0.25) is 0 Å². The fraction of sp³-hybridized carbons (Fsp3) is 0.143. The van der Waals surface area contributed by atoms with Crippen molar-refractivity contribution in [3.05, 3.63) is 72.8 Å². The first kappa shape index (κ1) is 14.0. The number of hydrogen-bond acceptors (Lipinski definition) is 0. The summed E-state index contributed by atoms with van der Waals surface area (Å²) >= 11 is 0. The normalized spacial score (nSPS) is 10.5. The summed E-state index contributed by atoms with van der Waals surface area (Å²) in [6.07, 6.45) is 1.95. The second-order valence-electron chi connectivity index (χ2n) is 3.20. The first-order valence-corrected chi connectivity index (χ1v) is 4.85. The van der Waals surface area contributed by atoms with Gasteiger partial charge in [-0.15, -0.1) is 6.58 Å². The van der Waals surface area contributed by atoms with Crippen molar-refractivity contribution >= 4 is 0 Å². The summed E-state index contributed by atoms with van der Waals surface area (Å²) in [5.74, 6) is 0.500. The molecule has 15 heavy (non-hydrogen) atoms. The number of rotatable bonds is 2. The average molecular weight is 240 g/mol. The van der Waals surface area contributed by atoms with Gasteiger partial charge in [0.15, 0.2) is 0 Å². The Labute approximate surface area is 103 Å². The second-order valence-corrected chi connectivity index (χ2v) is 3.20. The molecule has 0 aliphatic carbocycles. The Kier molecular flexibility index (Phi) is 7.71. The molecule has 0 N–H and O–H groups in total. The minimum absolute atomic E-state index is 0. The topological polar surface area (TPSA) is 0 Å². The van der Waals surface area contributed by atoms with E-state index in [1.807, 2.05) is 36.4 Å². The summed E-state index contributed by atoms with van der Waals surface area (Å²) in [6, 6.07) is 18.3. The van der Waals surface area contributed by atoms with Crippen molar-refractivity contribution in [3.8, 4) is 0 Å². The van der Waals surface area contributed by atoms with E-state index in [1.165, 1.54) is 5.56 Å². The molecule has 0 nitrogen and oxygen atoms in total. The predicted octanol–water partition coefficient (Wildman–Crippen LogP) is 4.10. The van der Waals surface area contributed by atoms with Crippen LogP contribution in [0.2, 0.25) is 0 Å². The summed E-state index contributed by atoms with van der Waals surface area (Å²) in [5.41, 5.74) is 1.35. The molecule has 0 saturated carbocycles. The maximum atomic E-state index is 3.72. The Morgan fingerprint density at radius 1 is 1.13 bits per heavy atom. The van der Waals surface area contributed by atoms with Gasteiger partial charge in [-0.2, -0.15) is 35.9 Å². The zero-order valence-corrected chi connectivity index (χ0v) is 10.0. The number of allylic oxidation sites excluding steroid dienone is 1. The summed E-state index contributed by atoms with van der Waals surface area (Å²) in [4.78, 5) is 0. The SMILES string of the molecule is C=CC(C)[c-]1cccc1.[Fe+2].c1cc[cH-]c1. The molecular formula is C14H16Fe. The molecule has 2 aromatic carbocycles. The van der Waals surface area contributed by atoms with Crippen molar-refractivity contribution in [1.82, 2.24) is 0 Å². The third-order valence-electron chi connectivity index (χ3n) is 2.12. The van der Waals surface area contributed by atoms with E-state index in [-0.39, 0.29) is 17.1 Å². The van der Waals surface area contributed by atoms with Crippen LogP contribution in [0.25, 0.3) is 0 Å². The van der Waals surface area contributed by atoms with Gasteiger partial charge in [0.2, 0.25) is 0 Å². The first-order valence-electron chi connectivity index (χ1n) is 4.85. The summed E-state index contributed by atoms with van der Waals surface area (Å²) < 4.78 is 0. The van der Waals surface area contributed by atoms with Crippen molar-refractivity contribution in [3.63, 3.8) is 0 Å². The molecule has 0 amide bonds. The molecule has 0 radical (unpaired) electrons. The van der Waals surface area contributed by atoms with Crippen molar-refractivity contribution < 1.29 is 17.1 Å². The van der Waals surface area contributed by atoms with E-state index in [0.29, 0.717) is 5.92 Å². The minimum Gasteiger partial charge on any atom is -0.214 e. The Morgan fingerprint density at radius 3 is 2.00 bits per heavy atom. The largest absolute Gasteiger partial charge is 2.00 e. The molecule has 1 heteroatoms. The van der Waals surface area contributed by atoms with Crippen molar-refractivity contribution in [2.75, 3.05) is 0 Å². The van der Waals surface area contributed by atoms with E-state index in [9.17, 15) is 0 Å². The van der Waals surface area contributed by atoms with Crippen molar-refractivity contribution in [2.24, 2.45) is 0 Å². The molecule has 0 aliphatic rings. The maximum absolute atomic E-state index is 3.72. The third-order valence-corrected chi connectivity index (χ3v) is 2.12. The molecular weight excluding hydrogens is 224 g/mol. The Balaban J connectivity index is 0.000000280. The van der Waals surface area contributed by atoms with Gasteiger partial charge in [-0.25, -0.2) is 24.3 Å². The van der Waals surface area contributed by atoms with Crippen LogP contribution in [-0.2, 0) is 17.1 Å². The number of hydrogen-bond donors (Lipinski definition) is 0. The van der Waals surface area contributed by atoms with Gasteiger partial charge in [0.1, 0.15) is 0 Å². The van der Waals surface area contributed by atoms with Gasteiger partial charge in [-0.1, -0.05) is 13.0 Å². The van der Waals surface area contributed by atoms with E-state index in [4.69, 9.17) is 0 Å². The maximum Gasteiger partial charge on any atom is 2.00 e. The van der Waals surface area contributed by atoms with Crippen LogP contribution in [0.15, 0.2) is 67.3 Å². The monoisotopic (exact) mass is 240 g/mol. The smallest absolute Gasteiger partial charge is 0.214 e. The van der Waals surface area contributed by atoms with Crippen LogP contribution in [0.1, 0.15) is 18.4 Å². The third kappa shape index (κ3) is 5.41. The van der Waals surface area contributed by atoms with Gasteiger partial charge >= 0.3 is 17.1 Å². The molecule has 0 bridgehead atoms. The van der Waals surface area contributed by atoms with Crippen LogP contribution < -0.4 is 0 Å². The standard InChI is InChI=1S/C9H11.C5H5.Fe/c1-3-8(2)9-6-4-5-7-9;1-2-4-5-3-1;/h3-8H,1H2,2H3;1-5H;/q2*-1;+2. The van der Waals surface area contributed by atoms with Crippen LogP contribution in [0.5, 0.6) is 0 Å². The van der Waals surface area contributed by atoms with Crippen LogP contribution in [-0.4, -0.2) is 0 Å². The molecule has 2 aromatic rings. The molecule has 80 valence electrons. The van der Waals surface area contributed by atoms with E-state index >= 15 is 0 Å². The van der Waals surface area contributed by atoms with Crippen LogP contribution in [0.4, 0.5) is 0 Å². The molecule has 1 atom stereocenters. The molecule has 0 heterocycles.